The Morgan fingerprint density at radius 2 is 1.53 bits per heavy atom. The first-order valence-corrected chi connectivity index (χ1v) is 9.51. The van der Waals surface area contributed by atoms with Crippen molar-refractivity contribution in [1.29, 1.82) is 0 Å². The fraction of sp³-hybridized carbons (Fsp3) is 0.227. The molecule has 4 rings (SSSR count). The largest absolute Gasteiger partial charge is 0.416 e. The van der Waals surface area contributed by atoms with Crippen LogP contribution in [0.2, 0.25) is 0 Å². The highest BCUT2D eigenvalue weighted by atomic mass is 19.4. The van der Waals surface area contributed by atoms with E-state index in [1.807, 2.05) is 36.4 Å². The molecular formula is C22H19F3N4O. The summed E-state index contributed by atoms with van der Waals surface area (Å²) in [6.45, 7) is 2.09. The summed E-state index contributed by atoms with van der Waals surface area (Å²) in [7, 11) is 0. The van der Waals surface area contributed by atoms with Crippen molar-refractivity contribution in [2.75, 3.05) is 31.1 Å². The molecule has 0 unspecified atom stereocenters. The zero-order chi connectivity index (χ0) is 21.1. The molecule has 154 valence electrons. The number of alkyl halides is 3. The van der Waals surface area contributed by atoms with Crippen LogP contribution in [-0.4, -0.2) is 47.0 Å². The number of halogens is 3. The first-order valence-electron chi connectivity index (χ1n) is 9.51. The van der Waals surface area contributed by atoms with Gasteiger partial charge < -0.3 is 9.80 Å². The van der Waals surface area contributed by atoms with Gasteiger partial charge >= 0.3 is 6.18 Å². The van der Waals surface area contributed by atoms with E-state index in [1.54, 1.807) is 4.90 Å². The predicted octanol–water partition coefficient (Wildman–Crippen LogP) is 4.12. The molecule has 3 aromatic rings. The Morgan fingerprint density at radius 3 is 2.17 bits per heavy atom. The van der Waals surface area contributed by atoms with E-state index in [-0.39, 0.29) is 11.5 Å². The van der Waals surface area contributed by atoms with Crippen molar-refractivity contribution in [3.8, 4) is 11.3 Å². The molecule has 8 heteroatoms. The van der Waals surface area contributed by atoms with Crippen LogP contribution in [0.3, 0.4) is 0 Å². The summed E-state index contributed by atoms with van der Waals surface area (Å²) in [5.74, 6) is 0.515. The molecule has 0 spiro atoms. The van der Waals surface area contributed by atoms with E-state index < -0.39 is 11.7 Å². The van der Waals surface area contributed by atoms with Gasteiger partial charge in [-0.3, -0.25) is 4.79 Å². The second kappa shape index (κ2) is 8.14. The van der Waals surface area contributed by atoms with Gasteiger partial charge in [-0.15, -0.1) is 0 Å². The summed E-state index contributed by atoms with van der Waals surface area (Å²) in [6.07, 6.45) is -2.89. The van der Waals surface area contributed by atoms with Crippen molar-refractivity contribution >= 4 is 11.7 Å². The van der Waals surface area contributed by atoms with E-state index in [1.165, 1.54) is 18.5 Å². The molecule has 1 aliphatic heterocycles. The Kier molecular flexibility index (Phi) is 5.39. The number of carbonyl (C=O) groups excluding carboxylic acids is 1. The molecule has 0 bridgehead atoms. The van der Waals surface area contributed by atoms with Gasteiger partial charge in [0, 0.05) is 43.4 Å². The Labute approximate surface area is 171 Å². The van der Waals surface area contributed by atoms with Gasteiger partial charge in [-0.1, -0.05) is 30.3 Å². The van der Waals surface area contributed by atoms with E-state index in [0.717, 1.165) is 29.2 Å². The summed E-state index contributed by atoms with van der Waals surface area (Å²) in [6, 6.07) is 16.1. The Balaban J connectivity index is 1.41. The SMILES string of the molecule is O=C(c1ccc(C(F)(F)F)cc1)N1CCN(c2cc(-c3ccccc3)ncn2)CC1. The Hall–Kier alpha value is -3.42. The number of nitrogens with zero attached hydrogens (tertiary/aromatic N) is 4. The average molecular weight is 412 g/mol. The van der Waals surface area contributed by atoms with Gasteiger partial charge in [0.1, 0.15) is 12.1 Å². The highest BCUT2D eigenvalue weighted by Crippen LogP contribution is 2.29. The van der Waals surface area contributed by atoms with E-state index >= 15 is 0 Å². The highest BCUT2D eigenvalue weighted by Gasteiger charge is 2.30. The third-order valence-electron chi connectivity index (χ3n) is 5.07. The fourth-order valence-electron chi connectivity index (χ4n) is 3.41. The summed E-state index contributed by atoms with van der Waals surface area (Å²) < 4.78 is 38.1. The van der Waals surface area contributed by atoms with Gasteiger partial charge in [-0.05, 0) is 24.3 Å². The van der Waals surface area contributed by atoms with Crippen LogP contribution in [0.1, 0.15) is 15.9 Å². The molecular weight excluding hydrogens is 393 g/mol. The fourth-order valence-corrected chi connectivity index (χ4v) is 3.41. The maximum absolute atomic E-state index is 12.7. The third kappa shape index (κ3) is 4.27. The molecule has 0 radical (unpaired) electrons. The molecule has 1 fully saturated rings. The third-order valence-corrected chi connectivity index (χ3v) is 5.07. The predicted molar refractivity (Wildman–Crippen MR) is 107 cm³/mol. The van der Waals surface area contributed by atoms with Crippen LogP contribution in [0.5, 0.6) is 0 Å². The Morgan fingerprint density at radius 1 is 0.867 bits per heavy atom. The quantitative estimate of drug-likeness (QED) is 0.649. The standard InChI is InChI=1S/C22H19F3N4O/c23-22(24,25)18-8-6-17(7-9-18)21(30)29-12-10-28(11-13-29)20-14-19(26-15-27-20)16-4-2-1-3-5-16/h1-9,14-15H,10-13H2. The molecule has 0 N–H and O–H groups in total. The number of hydrogen-bond acceptors (Lipinski definition) is 4. The molecule has 1 aliphatic rings. The molecule has 0 atom stereocenters. The average Bonchev–Trinajstić information content (AvgIpc) is 2.79. The molecule has 1 amide bonds. The first kappa shape index (κ1) is 19.9. The summed E-state index contributed by atoms with van der Waals surface area (Å²) >= 11 is 0. The van der Waals surface area contributed by atoms with Gasteiger partial charge in [0.25, 0.3) is 5.91 Å². The van der Waals surface area contributed by atoms with E-state index in [9.17, 15) is 18.0 Å². The van der Waals surface area contributed by atoms with Gasteiger partial charge in [-0.25, -0.2) is 9.97 Å². The summed E-state index contributed by atoms with van der Waals surface area (Å²) in [5.41, 5.74) is 1.31. The van der Waals surface area contributed by atoms with Crippen molar-refractivity contribution in [1.82, 2.24) is 14.9 Å². The van der Waals surface area contributed by atoms with Gasteiger partial charge in [-0.2, -0.15) is 13.2 Å². The second-order valence-corrected chi connectivity index (χ2v) is 6.98. The highest BCUT2D eigenvalue weighted by molar-refractivity contribution is 5.94. The second-order valence-electron chi connectivity index (χ2n) is 6.98. The lowest BCUT2D eigenvalue weighted by Gasteiger charge is -2.35. The lowest BCUT2D eigenvalue weighted by Crippen LogP contribution is -2.49. The van der Waals surface area contributed by atoms with Gasteiger partial charge in [0.15, 0.2) is 0 Å². The van der Waals surface area contributed by atoms with Crippen LogP contribution in [0.25, 0.3) is 11.3 Å². The van der Waals surface area contributed by atoms with Gasteiger partial charge in [0.05, 0.1) is 11.3 Å². The number of anilines is 1. The van der Waals surface area contributed by atoms with Gasteiger partial charge in [0.2, 0.25) is 0 Å². The number of rotatable bonds is 3. The monoisotopic (exact) mass is 412 g/mol. The Bertz CT molecular complexity index is 1010. The van der Waals surface area contributed by atoms with E-state index in [4.69, 9.17) is 0 Å². The molecule has 0 saturated carbocycles. The maximum atomic E-state index is 12.7. The molecule has 0 aliphatic carbocycles. The minimum atomic E-state index is -4.41. The minimum absolute atomic E-state index is 0.254. The number of hydrogen-bond donors (Lipinski definition) is 0. The van der Waals surface area contributed by atoms with Crippen molar-refractivity contribution in [3.63, 3.8) is 0 Å². The zero-order valence-electron chi connectivity index (χ0n) is 16.0. The van der Waals surface area contributed by atoms with Crippen LogP contribution in [-0.2, 0) is 6.18 Å². The number of carbonyl (C=O) groups is 1. The molecule has 2 aromatic carbocycles. The topological polar surface area (TPSA) is 49.3 Å². The van der Waals surface area contributed by atoms with Crippen molar-refractivity contribution in [3.05, 3.63) is 78.1 Å². The lowest BCUT2D eigenvalue weighted by molar-refractivity contribution is -0.137. The molecule has 30 heavy (non-hydrogen) atoms. The molecule has 2 heterocycles. The number of piperazine rings is 1. The summed E-state index contributed by atoms with van der Waals surface area (Å²) in [4.78, 5) is 25.1. The van der Waals surface area contributed by atoms with Crippen LogP contribution in [0.4, 0.5) is 19.0 Å². The van der Waals surface area contributed by atoms with Crippen LogP contribution < -0.4 is 4.90 Å². The number of benzene rings is 2. The van der Waals surface area contributed by atoms with Crippen molar-refractivity contribution < 1.29 is 18.0 Å². The van der Waals surface area contributed by atoms with Crippen LogP contribution in [0, 0.1) is 0 Å². The van der Waals surface area contributed by atoms with Crippen LogP contribution >= 0.6 is 0 Å². The van der Waals surface area contributed by atoms with Crippen LogP contribution in [0.15, 0.2) is 67.0 Å². The lowest BCUT2D eigenvalue weighted by atomic mass is 10.1. The van der Waals surface area contributed by atoms with E-state index in [0.29, 0.717) is 26.2 Å². The molecule has 1 saturated heterocycles. The first-order chi connectivity index (χ1) is 14.4. The molecule has 1 aromatic heterocycles. The summed E-state index contributed by atoms with van der Waals surface area (Å²) in [5, 5.41) is 0. The maximum Gasteiger partial charge on any atom is 0.416 e. The smallest absolute Gasteiger partial charge is 0.353 e. The molecule has 5 nitrogen and oxygen atoms in total. The normalized spacial score (nSPS) is 14.6. The van der Waals surface area contributed by atoms with E-state index in [2.05, 4.69) is 14.9 Å². The van der Waals surface area contributed by atoms with Crippen molar-refractivity contribution in [2.45, 2.75) is 6.18 Å². The van der Waals surface area contributed by atoms with Crippen molar-refractivity contribution in [2.24, 2.45) is 0 Å². The zero-order valence-corrected chi connectivity index (χ0v) is 16.0. The number of amides is 1. The minimum Gasteiger partial charge on any atom is -0.353 e. The number of aromatic nitrogens is 2.